The summed E-state index contributed by atoms with van der Waals surface area (Å²) in [7, 11) is 0. The van der Waals surface area contributed by atoms with Gasteiger partial charge in [0, 0.05) is 17.2 Å². The van der Waals surface area contributed by atoms with E-state index in [0.29, 0.717) is 22.4 Å². The molecule has 0 bridgehead atoms. The molecule has 120 valence electrons. The second-order valence-corrected chi connectivity index (χ2v) is 4.97. The fourth-order valence-corrected chi connectivity index (χ4v) is 2.03. The molecule has 0 amide bonds. The van der Waals surface area contributed by atoms with E-state index in [1.54, 1.807) is 43.3 Å². The third-order valence-corrected chi connectivity index (χ3v) is 3.30. The van der Waals surface area contributed by atoms with E-state index >= 15 is 0 Å². The molecular formula is C18H14N2O4. The summed E-state index contributed by atoms with van der Waals surface area (Å²) in [4.78, 5) is 22.6. The highest BCUT2D eigenvalue weighted by Gasteiger charge is 2.10. The van der Waals surface area contributed by atoms with Crippen LogP contribution < -0.4 is 4.74 Å². The van der Waals surface area contributed by atoms with E-state index in [-0.39, 0.29) is 18.1 Å². The van der Waals surface area contributed by atoms with Gasteiger partial charge in [-0.3, -0.25) is 14.9 Å². The van der Waals surface area contributed by atoms with Crippen LogP contribution in [0.2, 0.25) is 0 Å². The molecule has 0 unspecified atom stereocenters. The molecule has 2 rings (SSSR count). The molecule has 0 fully saturated rings. The fraction of sp³-hybridized carbons (Fsp3) is 0.111. The normalized spacial score (nSPS) is 10.3. The molecule has 6 heteroatoms. The van der Waals surface area contributed by atoms with Gasteiger partial charge in [-0.1, -0.05) is 18.2 Å². The van der Waals surface area contributed by atoms with Crippen LogP contribution in [0.3, 0.4) is 0 Å². The second kappa shape index (κ2) is 7.70. The number of hydrogen-bond acceptors (Lipinski definition) is 5. The summed E-state index contributed by atoms with van der Waals surface area (Å²) in [6.07, 6.45) is 2.90. The number of nitro groups is 1. The Morgan fingerprint density at radius 1 is 1.29 bits per heavy atom. The predicted molar refractivity (Wildman–Crippen MR) is 88.7 cm³/mol. The molecule has 0 spiro atoms. The molecule has 0 saturated heterocycles. The van der Waals surface area contributed by atoms with Crippen molar-refractivity contribution in [2.75, 3.05) is 6.61 Å². The second-order valence-electron chi connectivity index (χ2n) is 4.97. The van der Waals surface area contributed by atoms with Gasteiger partial charge in [0.25, 0.3) is 5.69 Å². The van der Waals surface area contributed by atoms with Crippen molar-refractivity contribution in [3.05, 3.63) is 75.3 Å². The van der Waals surface area contributed by atoms with Gasteiger partial charge in [-0.2, -0.15) is 5.26 Å². The lowest BCUT2D eigenvalue weighted by Gasteiger charge is -2.02. The highest BCUT2D eigenvalue weighted by Crippen LogP contribution is 2.20. The first-order valence-corrected chi connectivity index (χ1v) is 7.08. The summed E-state index contributed by atoms with van der Waals surface area (Å²) in [6, 6.07) is 13.0. The van der Waals surface area contributed by atoms with Gasteiger partial charge in [0.05, 0.1) is 4.92 Å². The summed E-state index contributed by atoms with van der Waals surface area (Å²) in [5.74, 6) is 0.274. The molecule has 0 aliphatic carbocycles. The van der Waals surface area contributed by atoms with E-state index in [4.69, 9.17) is 10.00 Å². The van der Waals surface area contributed by atoms with E-state index in [1.807, 2.05) is 6.07 Å². The summed E-state index contributed by atoms with van der Waals surface area (Å²) < 4.78 is 5.11. The third kappa shape index (κ3) is 4.27. The van der Waals surface area contributed by atoms with Gasteiger partial charge in [-0.15, -0.1) is 0 Å². The van der Waals surface area contributed by atoms with Crippen molar-refractivity contribution < 1.29 is 14.5 Å². The largest absolute Gasteiger partial charge is 0.479 e. The number of benzene rings is 2. The number of rotatable bonds is 6. The lowest BCUT2D eigenvalue weighted by atomic mass is 10.1. The minimum Gasteiger partial charge on any atom is -0.479 e. The molecule has 0 heterocycles. The zero-order chi connectivity index (χ0) is 17.5. The number of aryl methyl sites for hydroxylation is 1. The number of nitro benzene ring substituents is 1. The summed E-state index contributed by atoms with van der Waals surface area (Å²) >= 11 is 0. The number of nitriles is 1. The first kappa shape index (κ1) is 16.9. The number of allylic oxidation sites excluding steroid dienone is 1. The molecule has 0 aliphatic heterocycles. The Bertz CT molecular complexity index is 833. The van der Waals surface area contributed by atoms with E-state index in [9.17, 15) is 14.9 Å². The number of hydrogen-bond donors (Lipinski definition) is 0. The maximum atomic E-state index is 12.1. The van der Waals surface area contributed by atoms with Gasteiger partial charge < -0.3 is 4.74 Å². The number of carbonyl (C=O) groups is 1. The molecule has 2 aromatic rings. The van der Waals surface area contributed by atoms with Crippen LogP contribution in [0, 0.1) is 28.4 Å². The molecule has 6 nitrogen and oxygen atoms in total. The van der Waals surface area contributed by atoms with Crippen LogP contribution in [0.15, 0.2) is 48.5 Å². The third-order valence-electron chi connectivity index (χ3n) is 3.30. The number of ether oxygens (including phenoxy) is 1. The van der Waals surface area contributed by atoms with Crippen molar-refractivity contribution in [3.8, 4) is 11.8 Å². The maximum absolute atomic E-state index is 12.1. The standard InChI is InChI=1S/C18H14N2O4/c1-13-2-3-14(12-17(13)20(22)23)4-9-18(21)15-5-7-16(8-6-15)24-11-10-19/h2-9,12H,11H2,1H3/b9-4+. The highest BCUT2D eigenvalue weighted by molar-refractivity contribution is 6.06. The van der Waals surface area contributed by atoms with Gasteiger partial charge in [0.1, 0.15) is 11.8 Å². The van der Waals surface area contributed by atoms with Crippen LogP contribution in [0.4, 0.5) is 5.69 Å². The molecule has 0 aromatic heterocycles. The molecule has 0 N–H and O–H groups in total. The Labute approximate surface area is 138 Å². The Hall–Kier alpha value is -3.46. The predicted octanol–water partition coefficient (Wildman–Crippen LogP) is 3.70. The van der Waals surface area contributed by atoms with Gasteiger partial charge in [0.15, 0.2) is 12.4 Å². The molecular weight excluding hydrogens is 308 g/mol. The minimum atomic E-state index is -0.450. The van der Waals surface area contributed by atoms with Crippen LogP contribution in [0.5, 0.6) is 5.75 Å². The Morgan fingerprint density at radius 3 is 2.62 bits per heavy atom. The fourth-order valence-electron chi connectivity index (χ4n) is 2.03. The smallest absolute Gasteiger partial charge is 0.272 e. The van der Waals surface area contributed by atoms with Crippen LogP contribution in [0.1, 0.15) is 21.5 Å². The average Bonchev–Trinajstić information content (AvgIpc) is 2.59. The van der Waals surface area contributed by atoms with E-state index in [1.165, 1.54) is 18.2 Å². The van der Waals surface area contributed by atoms with Gasteiger partial charge in [0.2, 0.25) is 0 Å². The highest BCUT2D eigenvalue weighted by atomic mass is 16.6. The van der Waals surface area contributed by atoms with Crippen molar-refractivity contribution >= 4 is 17.5 Å². The quantitative estimate of drug-likeness (QED) is 0.350. The zero-order valence-electron chi connectivity index (χ0n) is 12.9. The lowest BCUT2D eigenvalue weighted by Crippen LogP contribution is -1.96. The summed E-state index contributed by atoms with van der Waals surface area (Å²) in [5, 5.41) is 19.4. The van der Waals surface area contributed by atoms with Crippen molar-refractivity contribution in [1.82, 2.24) is 0 Å². The van der Waals surface area contributed by atoms with Crippen molar-refractivity contribution in [3.63, 3.8) is 0 Å². The topological polar surface area (TPSA) is 93.2 Å². The summed E-state index contributed by atoms with van der Waals surface area (Å²) in [5.41, 5.74) is 1.62. The molecule has 0 saturated carbocycles. The maximum Gasteiger partial charge on any atom is 0.272 e. The van der Waals surface area contributed by atoms with E-state index in [2.05, 4.69) is 0 Å². The van der Waals surface area contributed by atoms with Crippen molar-refractivity contribution in [2.24, 2.45) is 0 Å². The Balaban J connectivity index is 2.11. The van der Waals surface area contributed by atoms with Gasteiger partial charge >= 0.3 is 0 Å². The van der Waals surface area contributed by atoms with Crippen LogP contribution in [-0.4, -0.2) is 17.3 Å². The number of ketones is 1. The number of nitrogens with zero attached hydrogens (tertiary/aromatic N) is 2. The number of carbonyl (C=O) groups excluding carboxylic acids is 1. The molecule has 0 aliphatic rings. The molecule has 2 aromatic carbocycles. The SMILES string of the molecule is Cc1ccc(/C=C/C(=O)c2ccc(OCC#N)cc2)cc1[N+](=O)[O-]. The van der Waals surface area contributed by atoms with Crippen molar-refractivity contribution in [2.45, 2.75) is 6.92 Å². The van der Waals surface area contributed by atoms with E-state index in [0.717, 1.165) is 0 Å². The molecule has 0 radical (unpaired) electrons. The first-order chi connectivity index (χ1) is 11.5. The first-order valence-electron chi connectivity index (χ1n) is 7.08. The monoisotopic (exact) mass is 322 g/mol. The molecule has 24 heavy (non-hydrogen) atoms. The lowest BCUT2D eigenvalue weighted by molar-refractivity contribution is -0.385. The van der Waals surface area contributed by atoms with Crippen molar-refractivity contribution in [1.29, 1.82) is 5.26 Å². The Kier molecular flexibility index (Phi) is 5.42. The van der Waals surface area contributed by atoms with Crippen LogP contribution in [0.25, 0.3) is 6.08 Å². The minimum absolute atomic E-state index is 0.0172. The zero-order valence-corrected chi connectivity index (χ0v) is 12.9. The average molecular weight is 322 g/mol. The van der Waals surface area contributed by atoms with Gasteiger partial charge in [-0.05, 0) is 42.8 Å². The summed E-state index contributed by atoms with van der Waals surface area (Å²) in [6.45, 7) is 1.60. The van der Waals surface area contributed by atoms with E-state index < -0.39 is 4.92 Å². The van der Waals surface area contributed by atoms with Gasteiger partial charge in [-0.25, -0.2) is 0 Å². The van der Waals surface area contributed by atoms with Crippen LogP contribution >= 0.6 is 0 Å². The van der Waals surface area contributed by atoms with Crippen LogP contribution in [-0.2, 0) is 0 Å². The Morgan fingerprint density at radius 2 is 2.00 bits per heavy atom. The molecule has 0 atom stereocenters.